The van der Waals surface area contributed by atoms with E-state index in [4.69, 9.17) is 10.5 Å². The van der Waals surface area contributed by atoms with Crippen LogP contribution < -0.4 is 5.73 Å². The molecule has 1 rings (SSSR count). The summed E-state index contributed by atoms with van der Waals surface area (Å²) in [7, 11) is 4.62. The third-order valence-corrected chi connectivity index (χ3v) is 3.56. The fourth-order valence-corrected chi connectivity index (χ4v) is 2.84. The fraction of sp³-hybridized carbons (Fsp3) is 0.500. The molecule has 0 bridgehead atoms. The van der Waals surface area contributed by atoms with Gasteiger partial charge in [0.25, 0.3) is 5.91 Å². The highest BCUT2D eigenvalue weighted by Crippen LogP contribution is 2.36. The first-order valence-corrected chi connectivity index (χ1v) is 6.35. The lowest BCUT2D eigenvalue weighted by atomic mass is 9.98. The molecule has 2 N–H and O–H groups in total. The van der Waals surface area contributed by atoms with Gasteiger partial charge in [0.15, 0.2) is 0 Å². The van der Waals surface area contributed by atoms with Crippen LogP contribution in [0.25, 0.3) is 0 Å². The smallest absolute Gasteiger partial charge is 0.348 e. The van der Waals surface area contributed by atoms with Crippen molar-refractivity contribution in [1.82, 2.24) is 4.90 Å². The molecule has 0 aliphatic carbocycles. The van der Waals surface area contributed by atoms with Crippen molar-refractivity contribution < 1.29 is 14.3 Å². The third-order valence-electron chi connectivity index (χ3n) is 2.54. The molecule has 0 fully saturated rings. The fourth-order valence-electron chi connectivity index (χ4n) is 1.70. The summed E-state index contributed by atoms with van der Waals surface area (Å²) in [6.07, 6.45) is 0. The van der Waals surface area contributed by atoms with Crippen LogP contribution in [0.4, 0.5) is 5.00 Å². The molecule has 0 aliphatic rings. The maximum Gasteiger partial charge on any atom is 0.348 e. The van der Waals surface area contributed by atoms with Crippen LogP contribution >= 0.6 is 11.3 Å². The predicted molar refractivity (Wildman–Crippen MR) is 72.2 cm³/mol. The number of ether oxygens (including phenoxy) is 1. The zero-order valence-electron chi connectivity index (χ0n) is 11.2. The standard InChI is InChI=1S/C12H18N2O3S/c1-6(2)7-8(11(15)14(3)4)10(13)18-9(7)12(16)17-5/h6H,13H2,1-5H3. The largest absolute Gasteiger partial charge is 0.465 e. The number of rotatable bonds is 3. The van der Waals surface area contributed by atoms with E-state index >= 15 is 0 Å². The quantitative estimate of drug-likeness (QED) is 0.852. The van der Waals surface area contributed by atoms with Gasteiger partial charge in [0.05, 0.1) is 17.7 Å². The van der Waals surface area contributed by atoms with Gasteiger partial charge >= 0.3 is 5.97 Å². The van der Waals surface area contributed by atoms with E-state index in [9.17, 15) is 9.59 Å². The van der Waals surface area contributed by atoms with Crippen molar-refractivity contribution in [3.05, 3.63) is 16.0 Å². The predicted octanol–water partition coefficient (Wildman–Crippen LogP) is 1.94. The van der Waals surface area contributed by atoms with Crippen LogP contribution in [0, 0.1) is 0 Å². The van der Waals surface area contributed by atoms with Crippen molar-refractivity contribution in [1.29, 1.82) is 0 Å². The molecule has 100 valence electrons. The number of thiophene rings is 1. The number of anilines is 1. The van der Waals surface area contributed by atoms with Gasteiger partial charge in [-0.05, 0) is 11.5 Å². The van der Waals surface area contributed by atoms with E-state index in [1.54, 1.807) is 14.1 Å². The average molecular weight is 270 g/mol. The van der Waals surface area contributed by atoms with Gasteiger partial charge < -0.3 is 15.4 Å². The Hall–Kier alpha value is -1.56. The van der Waals surface area contributed by atoms with Crippen molar-refractivity contribution in [2.45, 2.75) is 19.8 Å². The number of amides is 1. The van der Waals surface area contributed by atoms with E-state index in [2.05, 4.69) is 0 Å². The third kappa shape index (κ3) is 2.48. The first-order valence-electron chi connectivity index (χ1n) is 5.53. The minimum absolute atomic E-state index is 0.0200. The molecule has 0 radical (unpaired) electrons. The van der Waals surface area contributed by atoms with Gasteiger partial charge in [-0.15, -0.1) is 11.3 Å². The van der Waals surface area contributed by atoms with Gasteiger partial charge in [-0.3, -0.25) is 4.79 Å². The Balaban J connectivity index is 3.47. The normalized spacial score (nSPS) is 10.6. The molecule has 0 aromatic carbocycles. The number of hydrogen-bond donors (Lipinski definition) is 1. The minimum Gasteiger partial charge on any atom is -0.465 e. The molecule has 6 heteroatoms. The number of methoxy groups -OCH3 is 1. The summed E-state index contributed by atoms with van der Waals surface area (Å²) in [6, 6.07) is 0. The van der Waals surface area contributed by atoms with Crippen LogP contribution in [-0.2, 0) is 4.74 Å². The van der Waals surface area contributed by atoms with Crippen molar-refractivity contribution in [2.24, 2.45) is 0 Å². The first kappa shape index (κ1) is 14.5. The molecule has 0 saturated carbocycles. The number of carbonyl (C=O) groups is 2. The lowest BCUT2D eigenvalue weighted by Crippen LogP contribution is -2.23. The van der Waals surface area contributed by atoms with Crippen LogP contribution in [0.2, 0.25) is 0 Å². The van der Waals surface area contributed by atoms with Crippen LogP contribution in [0.5, 0.6) is 0 Å². The summed E-state index contributed by atoms with van der Waals surface area (Å²) < 4.78 is 4.73. The molecule has 0 unspecified atom stereocenters. The maximum absolute atomic E-state index is 12.1. The summed E-state index contributed by atoms with van der Waals surface area (Å²) in [5.41, 5.74) is 6.96. The zero-order chi connectivity index (χ0) is 14.0. The summed E-state index contributed by atoms with van der Waals surface area (Å²) >= 11 is 1.10. The lowest BCUT2D eigenvalue weighted by Gasteiger charge is -2.14. The van der Waals surface area contributed by atoms with Crippen LogP contribution in [0.3, 0.4) is 0 Å². The molecule has 0 aliphatic heterocycles. The Morgan fingerprint density at radius 2 is 1.89 bits per heavy atom. The van der Waals surface area contributed by atoms with E-state index in [-0.39, 0.29) is 11.8 Å². The van der Waals surface area contributed by atoms with Gasteiger partial charge in [-0.25, -0.2) is 4.79 Å². The summed E-state index contributed by atoms with van der Waals surface area (Å²) in [4.78, 5) is 25.7. The van der Waals surface area contributed by atoms with Crippen molar-refractivity contribution in [3.8, 4) is 0 Å². The SMILES string of the molecule is COC(=O)c1sc(N)c(C(=O)N(C)C)c1C(C)C. The Morgan fingerprint density at radius 1 is 1.33 bits per heavy atom. The van der Waals surface area contributed by atoms with Gasteiger partial charge in [-0.1, -0.05) is 13.8 Å². The van der Waals surface area contributed by atoms with Crippen molar-refractivity contribution in [2.75, 3.05) is 26.9 Å². The van der Waals surface area contributed by atoms with Gasteiger partial charge in [0.1, 0.15) is 4.88 Å². The molecular formula is C12H18N2O3S. The highest BCUT2D eigenvalue weighted by atomic mass is 32.1. The topological polar surface area (TPSA) is 72.6 Å². The lowest BCUT2D eigenvalue weighted by molar-refractivity contribution is 0.0604. The maximum atomic E-state index is 12.1. The van der Waals surface area contributed by atoms with Gasteiger partial charge in [0, 0.05) is 14.1 Å². The van der Waals surface area contributed by atoms with E-state index in [1.165, 1.54) is 12.0 Å². The number of nitrogens with zero attached hydrogens (tertiary/aromatic N) is 1. The van der Waals surface area contributed by atoms with Gasteiger partial charge in [-0.2, -0.15) is 0 Å². The Labute approximate surface area is 111 Å². The highest BCUT2D eigenvalue weighted by Gasteiger charge is 2.28. The Morgan fingerprint density at radius 3 is 2.28 bits per heavy atom. The molecule has 0 atom stereocenters. The van der Waals surface area contributed by atoms with Crippen molar-refractivity contribution in [3.63, 3.8) is 0 Å². The second-order valence-corrected chi connectivity index (χ2v) is 5.48. The second kappa shape index (κ2) is 5.39. The number of nitrogens with two attached hydrogens (primary N) is 1. The summed E-state index contributed by atoms with van der Waals surface area (Å²) in [5, 5.41) is 0.359. The monoisotopic (exact) mass is 270 g/mol. The first-order chi connectivity index (χ1) is 8.31. The number of esters is 1. The van der Waals surface area contributed by atoms with E-state index < -0.39 is 5.97 Å². The molecule has 1 aromatic heterocycles. The molecule has 0 saturated heterocycles. The van der Waals surface area contributed by atoms with E-state index in [1.807, 2.05) is 13.8 Å². The van der Waals surface area contributed by atoms with E-state index in [0.717, 1.165) is 11.3 Å². The minimum atomic E-state index is -0.451. The van der Waals surface area contributed by atoms with Gasteiger partial charge in [0.2, 0.25) is 0 Å². The van der Waals surface area contributed by atoms with Crippen LogP contribution in [-0.4, -0.2) is 38.0 Å². The Bertz CT molecular complexity index is 478. The number of hydrogen-bond acceptors (Lipinski definition) is 5. The summed E-state index contributed by atoms with van der Waals surface area (Å²) in [5.74, 6) is -0.623. The zero-order valence-corrected chi connectivity index (χ0v) is 12.1. The molecule has 5 nitrogen and oxygen atoms in total. The molecule has 1 amide bonds. The van der Waals surface area contributed by atoms with Crippen LogP contribution in [0.1, 0.15) is 45.4 Å². The highest BCUT2D eigenvalue weighted by molar-refractivity contribution is 7.18. The molecule has 1 heterocycles. The molecule has 0 spiro atoms. The molecule has 1 aromatic rings. The molecular weight excluding hydrogens is 252 g/mol. The van der Waals surface area contributed by atoms with Crippen LogP contribution in [0.15, 0.2) is 0 Å². The van der Waals surface area contributed by atoms with Crippen molar-refractivity contribution >= 4 is 28.2 Å². The average Bonchev–Trinajstić information content (AvgIpc) is 2.64. The second-order valence-electron chi connectivity index (χ2n) is 4.43. The molecule has 18 heavy (non-hydrogen) atoms. The summed E-state index contributed by atoms with van der Waals surface area (Å²) in [6.45, 7) is 3.83. The van der Waals surface area contributed by atoms with E-state index in [0.29, 0.717) is 21.0 Å². The Kier molecular flexibility index (Phi) is 4.34. The number of nitrogen functional groups attached to an aromatic ring is 1. The number of carbonyl (C=O) groups excluding carboxylic acids is 2.